The molecule has 0 spiro atoms. The van der Waals surface area contributed by atoms with Crippen LogP contribution in [0.4, 0.5) is 5.69 Å². The summed E-state index contributed by atoms with van der Waals surface area (Å²) in [7, 11) is 1.59. The van der Waals surface area contributed by atoms with Crippen LogP contribution in [0.15, 0.2) is 72.9 Å². The van der Waals surface area contributed by atoms with Crippen molar-refractivity contribution in [3.8, 4) is 11.4 Å². The summed E-state index contributed by atoms with van der Waals surface area (Å²) in [6.07, 6.45) is 2.07. The maximum atomic E-state index is 13.0. The Labute approximate surface area is 241 Å². The second-order valence-corrected chi connectivity index (χ2v) is 10.7. The lowest BCUT2D eigenvalue weighted by Crippen LogP contribution is -2.33. The lowest BCUT2D eigenvalue weighted by molar-refractivity contribution is -0.116. The number of aryl methyl sites for hydroxylation is 3. The number of nitrogens with zero attached hydrogens (tertiary/aromatic N) is 3. The number of rotatable bonds is 8. The van der Waals surface area contributed by atoms with E-state index in [-0.39, 0.29) is 24.4 Å². The van der Waals surface area contributed by atoms with Crippen molar-refractivity contribution >= 4 is 28.9 Å². The van der Waals surface area contributed by atoms with Crippen molar-refractivity contribution in [2.45, 2.75) is 46.2 Å². The van der Waals surface area contributed by atoms with Gasteiger partial charge in [0.2, 0.25) is 5.91 Å². The van der Waals surface area contributed by atoms with Gasteiger partial charge >= 0.3 is 0 Å². The van der Waals surface area contributed by atoms with Gasteiger partial charge in [0.1, 0.15) is 5.75 Å². The average Bonchev–Trinajstić information content (AvgIpc) is 3.43. The fraction of sp³-hybridized carbons (Fsp3) is 0.281. The summed E-state index contributed by atoms with van der Waals surface area (Å²) in [6, 6.07) is 21.8. The van der Waals surface area contributed by atoms with E-state index in [2.05, 4.69) is 77.0 Å². The summed E-state index contributed by atoms with van der Waals surface area (Å²) < 4.78 is 7.71. The van der Waals surface area contributed by atoms with E-state index < -0.39 is 0 Å². The van der Waals surface area contributed by atoms with Crippen LogP contribution < -0.4 is 15.4 Å². The number of ether oxygens (including phenoxy) is 1. The summed E-state index contributed by atoms with van der Waals surface area (Å²) in [5.74, 6) is 0.523. The van der Waals surface area contributed by atoms with Crippen LogP contribution in [0.1, 0.15) is 52.3 Å². The van der Waals surface area contributed by atoms with Gasteiger partial charge in [0.05, 0.1) is 30.6 Å². The van der Waals surface area contributed by atoms with Gasteiger partial charge in [-0.05, 0) is 93.0 Å². The van der Waals surface area contributed by atoms with Gasteiger partial charge in [-0.3, -0.25) is 9.78 Å². The van der Waals surface area contributed by atoms with Gasteiger partial charge in [0.15, 0.2) is 5.11 Å². The molecular weight excluding hydrogens is 518 g/mol. The van der Waals surface area contributed by atoms with Gasteiger partial charge in [-0.1, -0.05) is 30.3 Å². The number of benzene rings is 2. The molecule has 2 atom stereocenters. The standard InChI is InChI=1S/C32H35N5O2S/c1-20-13-14-21(2)27(18-20)37-22(3)19-24(23(37)4)31-30(26-11-8-9-16-33-26)35-32(40)36(31)17-15-29(38)34-25-10-6-7-12-28(25)39-5/h6-14,16,18-19,30-31H,15,17H2,1-5H3,(H,34,38)(H,35,40)/t30-,31-/m1/s1. The number of thiocarbonyl (C=S) groups is 1. The molecule has 2 N–H and O–H groups in total. The van der Waals surface area contributed by atoms with Crippen molar-refractivity contribution in [3.63, 3.8) is 0 Å². The molecule has 3 heterocycles. The molecule has 4 aromatic rings. The molecule has 0 aliphatic carbocycles. The summed E-state index contributed by atoms with van der Waals surface area (Å²) in [5.41, 5.74) is 8.61. The van der Waals surface area contributed by atoms with E-state index in [1.54, 1.807) is 13.3 Å². The molecule has 2 aromatic heterocycles. The Hall–Kier alpha value is -4.17. The summed E-state index contributed by atoms with van der Waals surface area (Å²) >= 11 is 5.86. The number of aromatic nitrogens is 2. The summed E-state index contributed by atoms with van der Waals surface area (Å²) in [4.78, 5) is 19.8. The maximum absolute atomic E-state index is 13.0. The van der Waals surface area contributed by atoms with Crippen molar-refractivity contribution < 1.29 is 9.53 Å². The van der Waals surface area contributed by atoms with Crippen LogP contribution in [-0.4, -0.2) is 39.1 Å². The van der Waals surface area contributed by atoms with Gasteiger partial charge < -0.3 is 24.8 Å². The van der Waals surface area contributed by atoms with E-state index in [9.17, 15) is 4.79 Å². The van der Waals surface area contributed by atoms with Crippen molar-refractivity contribution in [1.29, 1.82) is 0 Å². The number of amides is 1. The lowest BCUT2D eigenvalue weighted by atomic mass is 9.96. The Kier molecular flexibility index (Phi) is 7.89. The normalized spacial score (nSPS) is 16.6. The fourth-order valence-corrected chi connectivity index (χ4v) is 5.92. The molecule has 0 bridgehead atoms. The fourth-order valence-electron chi connectivity index (χ4n) is 5.59. The molecule has 7 nitrogen and oxygen atoms in total. The van der Waals surface area contributed by atoms with Crippen LogP contribution in [0.25, 0.3) is 5.69 Å². The number of hydrogen-bond acceptors (Lipinski definition) is 4. The first-order chi connectivity index (χ1) is 19.3. The molecule has 206 valence electrons. The zero-order chi connectivity index (χ0) is 28.4. The van der Waals surface area contributed by atoms with Gasteiger partial charge in [-0.2, -0.15) is 0 Å². The van der Waals surface area contributed by atoms with Crippen molar-refractivity contribution in [1.82, 2.24) is 19.8 Å². The molecule has 1 aliphatic rings. The number of pyridine rings is 1. The number of hydrogen-bond donors (Lipinski definition) is 2. The van der Waals surface area contributed by atoms with E-state index in [4.69, 9.17) is 17.0 Å². The van der Waals surface area contributed by atoms with Gasteiger partial charge in [-0.25, -0.2) is 0 Å². The van der Waals surface area contributed by atoms with Crippen LogP contribution in [0.3, 0.4) is 0 Å². The molecule has 1 aliphatic heterocycles. The minimum atomic E-state index is -0.154. The number of anilines is 1. The lowest BCUT2D eigenvalue weighted by Gasteiger charge is -2.28. The van der Waals surface area contributed by atoms with Crippen molar-refractivity contribution in [3.05, 3.63) is 107 Å². The smallest absolute Gasteiger partial charge is 0.226 e. The maximum Gasteiger partial charge on any atom is 0.226 e. The Morgan fingerprint density at radius 2 is 1.82 bits per heavy atom. The summed E-state index contributed by atoms with van der Waals surface area (Å²) in [5, 5.41) is 7.11. The first-order valence-corrected chi connectivity index (χ1v) is 13.9. The van der Waals surface area contributed by atoms with Crippen LogP contribution in [0.5, 0.6) is 5.75 Å². The molecule has 5 rings (SSSR count). The van der Waals surface area contributed by atoms with Gasteiger partial charge in [0, 0.05) is 36.2 Å². The number of carbonyl (C=O) groups is 1. The average molecular weight is 554 g/mol. The number of methoxy groups -OCH3 is 1. The Balaban J connectivity index is 1.49. The molecule has 0 unspecified atom stereocenters. The number of para-hydroxylation sites is 2. The molecule has 1 fully saturated rings. The SMILES string of the molecule is COc1ccccc1NC(=O)CCN1C(=S)N[C@H](c2ccccn2)[C@H]1c1cc(C)n(-c2cc(C)ccc2C)c1C. The Bertz CT molecular complexity index is 1550. The predicted molar refractivity (Wildman–Crippen MR) is 163 cm³/mol. The highest BCUT2D eigenvalue weighted by Crippen LogP contribution is 2.41. The van der Waals surface area contributed by atoms with Crippen LogP contribution in [0.2, 0.25) is 0 Å². The quantitative estimate of drug-likeness (QED) is 0.256. The second kappa shape index (κ2) is 11.5. The monoisotopic (exact) mass is 553 g/mol. The summed E-state index contributed by atoms with van der Waals surface area (Å²) in [6.45, 7) is 9.01. The zero-order valence-electron chi connectivity index (χ0n) is 23.6. The van der Waals surface area contributed by atoms with Crippen molar-refractivity contribution in [2.75, 3.05) is 19.0 Å². The minimum absolute atomic E-state index is 0.104. The number of nitrogens with one attached hydrogen (secondary N) is 2. The topological polar surface area (TPSA) is 71.4 Å². The van der Waals surface area contributed by atoms with E-state index in [1.165, 1.54) is 16.8 Å². The van der Waals surface area contributed by atoms with Gasteiger partial charge in [-0.15, -0.1) is 0 Å². The molecular formula is C32H35N5O2S. The minimum Gasteiger partial charge on any atom is -0.495 e. The third-order valence-electron chi connectivity index (χ3n) is 7.55. The largest absolute Gasteiger partial charge is 0.495 e. The molecule has 40 heavy (non-hydrogen) atoms. The second-order valence-electron chi connectivity index (χ2n) is 10.3. The van der Waals surface area contributed by atoms with Crippen LogP contribution >= 0.6 is 12.2 Å². The van der Waals surface area contributed by atoms with E-state index >= 15 is 0 Å². The predicted octanol–water partition coefficient (Wildman–Crippen LogP) is 6.12. The van der Waals surface area contributed by atoms with E-state index in [0.717, 1.165) is 22.6 Å². The molecule has 0 radical (unpaired) electrons. The third-order valence-corrected chi connectivity index (χ3v) is 7.91. The Morgan fingerprint density at radius 3 is 2.58 bits per heavy atom. The highest BCUT2D eigenvalue weighted by atomic mass is 32.1. The zero-order valence-corrected chi connectivity index (χ0v) is 24.4. The molecule has 1 amide bonds. The molecule has 2 aromatic carbocycles. The first-order valence-electron chi connectivity index (χ1n) is 13.5. The van der Waals surface area contributed by atoms with E-state index in [1.807, 2.05) is 42.5 Å². The molecule has 8 heteroatoms. The van der Waals surface area contributed by atoms with Gasteiger partial charge in [0.25, 0.3) is 0 Å². The molecule has 0 saturated carbocycles. The third kappa shape index (κ3) is 5.31. The van der Waals surface area contributed by atoms with Crippen LogP contribution in [-0.2, 0) is 4.79 Å². The highest BCUT2D eigenvalue weighted by Gasteiger charge is 2.41. The first kappa shape index (κ1) is 27.4. The highest BCUT2D eigenvalue weighted by molar-refractivity contribution is 7.80. The van der Waals surface area contributed by atoms with Crippen molar-refractivity contribution in [2.24, 2.45) is 0 Å². The molecule has 1 saturated heterocycles. The van der Waals surface area contributed by atoms with E-state index in [0.29, 0.717) is 23.1 Å². The van der Waals surface area contributed by atoms with Crippen LogP contribution in [0, 0.1) is 27.7 Å². The Morgan fingerprint density at radius 1 is 1.05 bits per heavy atom. The number of carbonyl (C=O) groups excluding carboxylic acids is 1.